The third-order valence-corrected chi connectivity index (χ3v) is 4.91. The molecule has 0 aliphatic carbocycles. The van der Waals surface area contributed by atoms with Crippen LogP contribution in [0.25, 0.3) is 33.5 Å². The first-order chi connectivity index (χ1) is 12.7. The Kier molecular flexibility index (Phi) is 3.25. The Morgan fingerprint density at radius 2 is 1.62 bits per heavy atom. The van der Waals surface area contributed by atoms with Crippen molar-refractivity contribution in [3.05, 3.63) is 78.1 Å². The summed E-state index contributed by atoms with van der Waals surface area (Å²) in [7, 11) is 0. The normalized spacial score (nSPS) is 13.3. The van der Waals surface area contributed by atoms with Crippen LogP contribution >= 0.6 is 0 Å². The number of Topliss-reactive ketones (excluding diaryl/α,β-unsaturated/α-hetero) is 1. The molecule has 3 aromatic carbocycles. The minimum atomic E-state index is -0.252. The first-order valence-corrected chi connectivity index (χ1v) is 8.59. The lowest BCUT2D eigenvalue weighted by molar-refractivity contribution is 0.0973. The molecule has 0 spiro atoms. The van der Waals surface area contributed by atoms with Crippen molar-refractivity contribution in [2.24, 2.45) is 0 Å². The highest BCUT2D eigenvalue weighted by atomic mass is 19.1. The van der Waals surface area contributed by atoms with Crippen molar-refractivity contribution in [1.29, 1.82) is 0 Å². The van der Waals surface area contributed by atoms with E-state index in [4.69, 9.17) is 4.98 Å². The van der Waals surface area contributed by atoms with Gasteiger partial charge in [0, 0.05) is 24.1 Å². The maximum absolute atomic E-state index is 13.6. The SMILES string of the molecule is O=C1CCn2c(-c3cccc(-c4cccc(F)c4)c3)nc3cccc1c32. The first-order valence-electron chi connectivity index (χ1n) is 8.59. The van der Waals surface area contributed by atoms with Gasteiger partial charge >= 0.3 is 0 Å². The number of carbonyl (C=O) groups is 1. The third kappa shape index (κ3) is 2.26. The van der Waals surface area contributed by atoms with Crippen LogP contribution in [0.5, 0.6) is 0 Å². The molecule has 5 rings (SSSR count). The van der Waals surface area contributed by atoms with Gasteiger partial charge in [-0.1, -0.05) is 36.4 Å². The lowest BCUT2D eigenvalue weighted by Crippen LogP contribution is -2.14. The van der Waals surface area contributed by atoms with Gasteiger partial charge in [-0.25, -0.2) is 9.37 Å². The van der Waals surface area contributed by atoms with Crippen molar-refractivity contribution in [3.63, 3.8) is 0 Å². The Hall–Kier alpha value is -3.27. The number of carbonyl (C=O) groups excluding carboxylic acids is 1. The molecule has 0 amide bonds. The highest BCUT2D eigenvalue weighted by molar-refractivity contribution is 6.08. The number of ketones is 1. The van der Waals surface area contributed by atoms with Gasteiger partial charge in [0.25, 0.3) is 0 Å². The van der Waals surface area contributed by atoms with E-state index in [0.717, 1.165) is 39.1 Å². The Morgan fingerprint density at radius 3 is 2.46 bits per heavy atom. The molecule has 0 radical (unpaired) electrons. The zero-order chi connectivity index (χ0) is 17.7. The van der Waals surface area contributed by atoms with E-state index in [1.54, 1.807) is 6.07 Å². The molecule has 2 heterocycles. The van der Waals surface area contributed by atoms with Crippen LogP contribution in [0.2, 0.25) is 0 Å². The van der Waals surface area contributed by atoms with Crippen molar-refractivity contribution in [1.82, 2.24) is 9.55 Å². The third-order valence-electron chi connectivity index (χ3n) is 4.91. The summed E-state index contributed by atoms with van der Waals surface area (Å²) in [5.74, 6) is 0.763. The highest BCUT2D eigenvalue weighted by Gasteiger charge is 2.23. The monoisotopic (exact) mass is 342 g/mol. The maximum atomic E-state index is 13.6. The fourth-order valence-corrected chi connectivity index (χ4v) is 3.70. The largest absolute Gasteiger partial charge is 0.323 e. The van der Waals surface area contributed by atoms with Crippen molar-refractivity contribution >= 4 is 16.8 Å². The molecule has 26 heavy (non-hydrogen) atoms. The fourth-order valence-electron chi connectivity index (χ4n) is 3.70. The summed E-state index contributed by atoms with van der Waals surface area (Å²) in [5, 5.41) is 0. The average molecular weight is 342 g/mol. The van der Waals surface area contributed by atoms with Crippen molar-refractivity contribution < 1.29 is 9.18 Å². The van der Waals surface area contributed by atoms with Gasteiger partial charge in [0.2, 0.25) is 0 Å². The lowest BCUT2D eigenvalue weighted by Gasteiger charge is -2.16. The Bertz CT molecular complexity index is 1180. The quantitative estimate of drug-likeness (QED) is 0.508. The van der Waals surface area contributed by atoms with Crippen LogP contribution in [-0.4, -0.2) is 15.3 Å². The van der Waals surface area contributed by atoms with E-state index in [2.05, 4.69) is 4.57 Å². The van der Waals surface area contributed by atoms with Gasteiger partial charge < -0.3 is 4.57 Å². The van der Waals surface area contributed by atoms with Crippen LogP contribution in [0.15, 0.2) is 66.7 Å². The molecule has 0 saturated carbocycles. The first kappa shape index (κ1) is 15.0. The molecule has 0 saturated heterocycles. The number of nitrogens with zero attached hydrogens (tertiary/aromatic N) is 2. The molecule has 0 fully saturated rings. The Balaban J connectivity index is 1.70. The maximum Gasteiger partial charge on any atom is 0.166 e. The minimum Gasteiger partial charge on any atom is -0.323 e. The van der Waals surface area contributed by atoms with E-state index in [0.29, 0.717) is 13.0 Å². The number of hydrogen-bond acceptors (Lipinski definition) is 2. The van der Waals surface area contributed by atoms with Gasteiger partial charge in [0.1, 0.15) is 11.6 Å². The highest BCUT2D eigenvalue weighted by Crippen LogP contribution is 2.33. The molecule has 0 bridgehead atoms. The van der Waals surface area contributed by atoms with Crippen LogP contribution in [0.1, 0.15) is 16.8 Å². The van der Waals surface area contributed by atoms with E-state index in [-0.39, 0.29) is 11.6 Å². The molecule has 1 aliphatic heterocycles. The zero-order valence-electron chi connectivity index (χ0n) is 13.9. The van der Waals surface area contributed by atoms with Gasteiger partial charge in [-0.05, 0) is 41.5 Å². The molecule has 4 heteroatoms. The zero-order valence-corrected chi connectivity index (χ0v) is 13.9. The van der Waals surface area contributed by atoms with Crippen LogP contribution in [-0.2, 0) is 6.54 Å². The summed E-state index contributed by atoms with van der Waals surface area (Å²) in [6.45, 7) is 0.631. The topological polar surface area (TPSA) is 34.9 Å². The minimum absolute atomic E-state index is 0.170. The number of halogens is 1. The molecule has 3 nitrogen and oxygen atoms in total. The van der Waals surface area contributed by atoms with E-state index < -0.39 is 0 Å². The van der Waals surface area contributed by atoms with E-state index >= 15 is 0 Å². The molecule has 126 valence electrons. The summed E-state index contributed by atoms with van der Waals surface area (Å²) in [4.78, 5) is 17.0. The van der Waals surface area contributed by atoms with Crippen LogP contribution in [0.4, 0.5) is 4.39 Å². The van der Waals surface area contributed by atoms with Crippen molar-refractivity contribution in [2.45, 2.75) is 13.0 Å². The van der Waals surface area contributed by atoms with Gasteiger partial charge in [-0.2, -0.15) is 0 Å². The molecule has 0 unspecified atom stereocenters. The summed E-state index contributed by atoms with van der Waals surface area (Å²) in [6.07, 6.45) is 0.485. The smallest absolute Gasteiger partial charge is 0.166 e. The molecule has 1 aliphatic rings. The van der Waals surface area contributed by atoms with Gasteiger partial charge in [0.05, 0.1) is 11.0 Å². The molecule has 0 atom stereocenters. The second-order valence-corrected chi connectivity index (χ2v) is 6.52. The number of hydrogen-bond donors (Lipinski definition) is 0. The van der Waals surface area contributed by atoms with Gasteiger partial charge in [-0.3, -0.25) is 4.79 Å². The van der Waals surface area contributed by atoms with E-state index in [9.17, 15) is 9.18 Å². The van der Waals surface area contributed by atoms with Crippen molar-refractivity contribution in [2.75, 3.05) is 0 Å². The summed E-state index contributed by atoms with van der Waals surface area (Å²) in [5.41, 5.74) is 5.22. The second kappa shape index (κ2) is 5.63. The average Bonchev–Trinajstić information content (AvgIpc) is 3.05. The number of benzene rings is 3. The van der Waals surface area contributed by atoms with Gasteiger partial charge in [-0.15, -0.1) is 0 Å². The number of para-hydroxylation sites is 1. The van der Waals surface area contributed by atoms with Crippen LogP contribution in [0.3, 0.4) is 0 Å². The van der Waals surface area contributed by atoms with Crippen molar-refractivity contribution in [3.8, 4) is 22.5 Å². The Morgan fingerprint density at radius 1 is 0.885 bits per heavy atom. The van der Waals surface area contributed by atoms with Crippen LogP contribution in [0, 0.1) is 5.82 Å². The molecular weight excluding hydrogens is 327 g/mol. The molecule has 0 N–H and O–H groups in total. The molecule has 4 aromatic rings. The standard InChI is InChI=1S/C22H15FN2O/c23-17-7-2-5-15(13-17)14-4-1-6-16(12-14)22-24-19-9-3-8-18-20(26)10-11-25(22)21(18)19/h1-9,12-13H,10-11H2. The predicted octanol–water partition coefficient (Wildman–Crippen LogP) is 5.10. The van der Waals surface area contributed by atoms with Gasteiger partial charge in [0.15, 0.2) is 5.78 Å². The number of rotatable bonds is 2. The number of aromatic nitrogens is 2. The number of aryl methyl sites for hydroxylation is 1. The molecular formula is C22H15FN2O. The fraction of sp³-hybridized carbons (Fsp3) is 0.0909. The van der Waals surface area contributed by atoms with E-state index in [1.165, 1.54) is 12.1 Å². The summed E-state index contributed by atoms with van der Waals surface area (Å²) in [6, 6.07) is 20.2. The number of imidazole rings is 1. The lowest BCUT2D eigenvalue weighted by atomic mass is 10.0. The Labute approximate surface area is 149 Å². The molecule has 1 aromatic heterocycles. The summed E-state index contributed by atoms with van der Waals surface area (Å²) < 4.78 is 15.7. The summed E-state index contributed by atoms with van der Waals surface area (Å²) >= 11 is 0. The predicted molar refractivity (Wildman–Crippen MR) is 99.5 cm³/mol. The van der Waals surface area contributed by atoms with E-state index in [1.807, 2.05) is 48.5 Å². The second-order valence-electron chi connectivity index (χ2n) is 6.52. The van der Waals surface area contributed by atoms with Crippen LogP contribution < -0.4 is 0 Å².